The Morgan fingerprint density at radius 3 is 2.38 bits per heavy atom. The van der Waals surface area contributed by atoms with Crippen LogP contribution in [0, 0.1) is 11.3 Å². The fourth-order valence-electron chi connectivity index (χ4n) is 2.54. The molecule has 2 rings (SSSR count). The number of nitriles is 1. The van der Waals surface area contributed by atoms with Crippen LogP contribution in [0.3, 0.4) is 0 Å². The second-order valence-electron chi connectivity index (χ2n) is 6.45. The average Bonchev–Trinajstić information content (AvgIpc) is 2.73. The Kier molecular flexibility index (Phi) is 8.94. The zero-order valence-electron chi connectivity index (χ0n) is 16.3. The number of benzene rings is 2. The van der Waals surface area contributed by atoms with Crippen LogP contribution in [0.5, 0.6) is 0 Å². The smallest absolute Gasteiger partial charge is 0.338 e. The van der Waals surface area contributed by atoms with E-state index in [1.54, 1.807) is 48.5 Å². The molecule has 0 saturated heterocycles. The minimum absolute atomic E-state index is 0.0390. The van der Waals surface area contributed by atoms with Gasteiger partial charge < -0.3 is 10.1 Å². The zero-order chi connectivity index (χ0) is 21.1. The molecule has 0 heterocycles. The molecular weight excluding hydrogens is 388 g/mol. The van der Waals surface area contributed by atoms with Crippen LogP contribution >= 0.6 is 11.6 Å². The third-order valence-electron chi connectivity index (χ3n) is 4.16. The monoisotopic (exact) mass is 410 g/mol. The molecule has 0 aliphatic heterocycles. The number of amides is 1. The lowest BCUT2D eigenvalue weighted by Crippen LogP contribution is -2.13. The SMILES string of the molecule is CCCCCCOC(=O)c1ccc(NC(=O)/C(C#N)=C/c2ccc(Cl)cc2)cc1. The molecule has 6 heteroatoms. The number of hydrogen-bond donors (Lipinski definition) is 1. The highest BCUT2D eigenvalue weighted by molar-refractivity contribution is 6.30. The lowest BCUT2D eigenvalue weighted by atomic mass is 10.1. The van der Waals surface area contributed by atoms with Gasteiger partial charge >= 0.3 is 5.97 Å². The summed E-state index contributed by atoms with van der Waals surface area (Å²) in [7, 11) is 0. The lowest BCUT2D eigenvalue weighted by Gasteiger charge is -2.07. The van der Waals surface area contributed by atoms with Gasteiger partial charge in [0.25, 0.3) is 5.91 Å². The first-order valence-electron chi connectivity index (χ1n) is 9.49. The lowest BCUT2D eigenvalue weighted by molar-refractivity contribution is -0.112. The first-order valence-corrected chi connectivity index (χ1v) is 9.87. The Labute approximate surface area is 175 Å². The van der Waals surface area contributed by atoms with Crippen LogP contribution in [-0.4, -0.2) is 18.5 Å². The molecule has 0 aromatic heterocycles. The van der Waals surface area contributed by atoms with Crippen molar-refractivity contribution >= 4 is 35.2 Å². The summed E-state index contributed by atoms with van der Waals surface area (Å²) in [6.45, 7) is 2.53. The molecule has 5 nitrogen and oxygen atoms in total. The van der Waals surface area contributed by atoms with E-state index in [0.29, 0.717) is 28.4 Å². The maximum atomic E-state index is 12.3. The maximum absolute atomic E-state index is 12.3. The van der Waals surface area contributed by atoms with Crippen molar-refractivity contribution in [2.45, 2.75) is 32.6 Å². The van der Waals surface area contributed by atoms with Crippen LogP contribution in [-0.2, 0) is 9.53 Å². The van der Waals surface area contributed by atoms with Gasteiger partial charge in [-0.25, -0.2) is 4.79 Å². The number of hydrogen-bond acceptors (Lipinski definition) is 4. The average molecular weight is 411 g/mol. The van der Waals surface area contributed by atoms with Crippen LogP contribution < -0.4 is 5.32 Å². The number of anilines is 1. The molecule has 0 radical (unpaired) electrons. The van der Waals surface area contributed by atoms with Crippen LogP contribution in [0.4, 0.5) is 5.69 Å². The highest BCUT2D eigenvalue weighted by Crippen LogP contribution is 2.15. The molecule has 1 amide bonds. The van der Waals surface area contributed by atoms with Crippen molar-refractivity contribution < 1.29 is 14.3 Å². The van der Waals surface area contributed by atoms with E-state index in [1.807, 2.05) is 6.07 Å². The molecule has 1 N–H and O–H groups in total. The predicted molar refractivity (Wildman–Crippen MR) is 115 cm³/mol. The Bertz CT molecular complexity index is 897. The largest absolute Gasteiger partial charge is 0.462 e. The highest BCUT2D eigenvalue weighted by Gasteiger charge is 2.11. The molecule has 0 fully saturated rings. The number of halogens is 1. The van der Waals surface area contributed by atoms with E-state index in [9.17, 15) is 14.9 Å². The first kappa shape index (κ1) is 22.2. The molecule has 0 bridgehead atoms. The molecule has 2 aromatic carbocycles. The molecule has 29 heavy (non-hydrogen) atoms. The Morgan fingerprint density at radius 1 is 1.07 bits per heavy atom. The van der Waals surface area contributed by atoms with Crippen molar-refractivity contribution in [3.05, 3.63) is 70.3 Å². The molecule has 0 aliphatic carbocycles. The van der Waals surface area contributed by atoms with Crippen molar-refractivity contribution in [3.63, 3.8) is 0 Å². The van der Waals surface area contributed by atoms with Crippen LogP contribution in [0.2, 0.25) is 5.02 Å². The number of carbonyl (C=O) groups excluding carboxylic acids is 2. The van der Waals surface area contributed by atoms with Crippen LogP contribution in [0.25, 0.3) is 6.08 Å². The summed E-state index contributed by atoms with van der Waals surface area (Å²) in [5, 5.41) is 12.5. The minimum Gasteiger partial charge on any atom is -0.462 e. The Balaban J connectivity index is 1.94. The molecule has 0 unspecified atom stereocenters. The van der Waals surface area contributed by atoms with E-state index in [-0.39, 0.29) is 11.5 Å². The van der Waals surface area contributed by atoms with E-state index in [4.69, 9.17) is 16.3 Å². The first-order chi connectivity index (χ1) is 14.0. The van der Waals surface area contributed by atoms with E-state index < -0.39 is 5.91 Å². The fraction of sp³-hybridized carbons (Fsp3) is 0.261. The van der Waals surface area contributed by atoms with E-state index in [2.05, 4.69) is 12.2 Å². The minimum atomic E-state index is -0.534. The number of nitrogens with zero attached hydrogens (tertiary/aromatic N) is 1. The quantitative estimate of drug-likeness (QED) is 0.252. The van der Waals surface area contributed by atoms with Gasteiger partial charge in [0.1, 0.15) is 11.6 Å². The normalized spacial score (nSPS) is 10.9. The van der Waals surface area contributed by atoms with E-state index in [1.165, 1.54) is 6.08 Å². The molecule has 0 saturated carbocycles. The number of ether oxygens (including phenoxy) is 1. The second-order valence-corrected chi connectivity index (χ2v) is 6.89. The summed E-state index contributed by atoms with van der Waals surface area (Å²) in [6.07, 6.45) is 5.63. The summed E-state index contributed by atoms with van der Waals surface area (Å²) in [4.78, 5) is 24.4. The number of unbranched alkanes of at least 4 members (excludes halogenated alkanes) is 3. The van der Waals surface area contributed by atoms with Gasteiger partial charge in [0, 0.05) is 10.7 Å². The number of nitrogens with one attached hydrogen (secondary N) is 1. The second kappa shape index (κ2) is 11.7. The fourth-order valence-corrected chi connectivity index (χ4v) is 2.67. The summed E-state index contributed by atoms with van der Waals surface area (Å²) in [6, 6.07) is 15.1. The third kappa shape index (κ3) is 7.44. The molecule has 0 atom stereocenters. The summed E-state index contributed by atoms with van der Waals surface area (Å²) < 4.78 is 5.24. The summed E-state index contributed by atoms with van der Waals surface area (Å²) in [5.41, 5.74) is 1.54. The Hall–Kier alpha value is -3.10. The third-order valence-corrected chi connectivity index (χ3v) is 4.41. The van der Waals surface area contributed by atoms with Crippen molar-refractivity contribution in [1.82, 2.24) is 0 Å². The number of carbonyl (C=O) groups is 2. The van der Waals surface area contributed by atoms with Gasteiger partial charge in [-0.3, -0.25) is 4.79 Å². The molecule has 150 valence electrons. The van der Waals surface area contributed by atoms with Crippen molar-refractivity contribution in [2.24, 2.45) is 0 Å². The summed E-state index contributed by atoms with van der Waals surface area (Å²) >= 11 is 5.84. The van der Waals surface area contributed by atoms with Gasteiger partial charge in [-0.15, -0.1) is 0 Å². The van der Waals surface area contributed by atoms with Crippen LogP contribution in [0.1, 0.15) is 48.5 Å². The Morgan fingerprint density at radius 2 is 1.76 bits per heavy atom. The van der Waals surface area contributed by atoms with Gasteiger partial charge in [0.15, 0.2) is 0 Å². The molecule has 2 aromatic rings. The highest BCUT2D eigenvalue weighted by atomic mass is 35.5. The van der Waals surface area contributed by atoms with Crippen molar-refractivity contribution in [2.75, 3.05) is 11.9 Å². The molecule has 0 aliphatic rings. The molecular formula is C23H23ClN2O3. The topological polar surface area (TPSA) is 79.2 Å². The van der Waals surface area contributed by atoms with E-state index in [0.717, 1.165) is 25.7 Å². The maximum Gasteiger partial charge on any atom is 0.338 e. The predicted octanol–water partition coefficient (Wildman–Crippen LogP) is 5.62. The van der Waals surface area contributed by atoms with Crippen molar-refractivity contribution in [3.8, 4) is 6.07 Å². The van der Waals surface area contributed by atoms with E-state index >= 15 is 0 Å². The van der Waals surface area contributed by atoms with Crippen LogP contribution in [0.15, 0.2) is 54.1 Å². The number of esters is 1. The van der Waals surface area contributed by atoms with Gasteiger partial charge in [0.05, 0.1) is 12.2 Å². The summed E-state index contributed by atoms with van der Waals surface area (Å²) in [5.74, 6) is -0.923. The zero-order valence-corrected chi connectivity index (χ0v) is 17.0. The van der Waals surface area contributed by atoms with Crippen molar-refractivity contribution in [1.29, 1.82) is 5.26 Å². The van der Waals surface area contributed by atoms with Gasteiger partial charge in [0.2, 0.25) is 0 Å². The van der Waals surface area contributed by atoms with Gasteiger partial charge in [-0.1, -0.05) is 49.9 Å². The van der Waals surface area contributed by atoms with Gasteiger partial charge in [-0.05, 0) is 54.5 Å². The van der Waals surface area contributed by atoms with Gasteiger partial charge in [-0.2, -0.15) is 5.26 Å². The number of rotatable bonds is 9. The molecule has 0 spiro atoms. The standard InChI is InChI=1S/C23H23ClN2O3/c1-2-3-4-5-14-29-23(28)18-8-12-21(13-9-18)26-22(27)19(16-25)15-17-6-10-20(24)11-7-17/h6-13,15H,2-5,14H2,1H3,(H,26,27)/b19-15+.